The fourth-order valence-corrected chi connectivity index (χ4v) is 1.60. The standard InChI is InChI=1S/C12H18O2/c1-4-5-9(2)10-6-7-11(13)12(8-10)14-3/h6-9,13H,4-5H2,1-3H3. The van der Waals surface area contributed by atoms with Gasteiger partial charge in [-0.1, -0.05) is 26.3 Å². The second kappa shape index (κ2) is 4.89. The van der Waals surface area contributed by atoms with Gasteiger partial charge in [0.25, 0.3) is 0 Å². The first-order valence-electron chi connectivity index (χ1n) is 5.06. The van der Waals surface area contributed by atoms with Crippen LogP contribution in [0.1, 0.15) is 38.2 Å². The van der Waals surface area contributed by atoms with E-state index < -0.39 is 0 Å². The van der Waals surface area contributed by atoms with Crippen molar-refractivity contribution in [2.45, 2.75) is 32.6 Å². The normalized spacial score (nSPS) is 12.5. The molecule has 1 N–H and O–H groups in total. The molecule has 2 heteroatoms. The number of benzene rings is 1. The highest BCUT2D eigenvalue weighted by Crippen LogP contribution is 2.30. The van der Waals surface area contributed by atoms with Gasteiger partial charge in [0.2, 0.25) is 0 Å². The molecule has 0 aromatic heterocycles. The lowest BCUT2D eigenvalue weighted by Crippen LogP contribution is -1.94. The number of rotatable bonds is 4. The summed E-state index contributed by atoms with van der Waals surface area (Å²) < 4.78 is 5.06. The molecule has 0 heterocycles. The number of ether oxygens (including phenoxy) is 1. The van der Waals surface area contributed by atoms with Gasteiger partial charge >= 0.3 is 0 Å². The maximum Gasteiger partial charge on any atom is 0.160 e. The zero-order chi connectivity index (χ0) is 10.6. The molecule has 14 heavy (non-hydrogen) atoms. The van der Waals surface area contributed by atoms with Gasteiger partial charge in [0.05, 0.1) is 7.11 Å². The molecule has 1 aromatic carbocycles. The number of phenolic OH excluding ortho intramolecular Hbond substituents is 1. The van der Waals surface area contributed by atoms with Gasteiger partial charge in [-0.3, -0.25) is 0 Å². The fourth-order valence-electron chi connectivity index (χ4n) is 1.60. The summed E-state index contributed by atoms with van der Waals surface area (Å²) in [5.74, 6) is 1.29. The molecule has 0 radical (unpaired) electrons. The summed E-state index contributed by atoms with van der Waals surface area (Å²) >= 11 is 0. The predicted octanol–water partition coefficient (Wildman–Crippen LogP) is 3.30. The van der Waals surface area contributed by atoms with Crippen molar-refractivity contribution in [2.24, 2.45) is 0 Å². The minimum Gasteiger partial charge on any atom is -0.504 e. The van der Waals surface area contributed by atoms with Gasteiger partial charge in [-0.2, -0.15) is 0 Å². The molecule has 1 atom stereocenters. The molecule has 0 saturated heterocycles. The molecule has 2 nitrogen and oxygen atoms in total. The van der Waals surface area contributed by atoms with E-state index >= 15 is 0 Å². The summed E-state index contributed by atoms with van der Waals surface area (Å²) in [5, 5.41) is 9.42. The van der Waals surface area contributed by atoms with Gasteiger partial charge in [0.1, 0.15) is 0 Å². The number of phenols is 1. The van der Waals surface area contributed by atoms with Crippen molar-refractivity contribution >= 4 is 0 Å². The van der Waals surface area contributed by atoms with Gasteiger partial charge in [-0.05, 0) is 30.0 Å². The molecular formula is C12H18O2. The Balaban J connectivity index is 2.88. The molecule has 78 valence electrons. The Morgan fingerprint density at radius 3 is 2.71 bits per heavy atom. The predicted molar refractivity (Wildman–Crippen MR) is 58.0 cm³/mol. The van der Waals surface area contributed by atoms with Crippen LogP contribution in [0.2, 0.25) is 0 Å². The minimum absolute atomic E-state index is 0.208. The van der Waals surface area contributed by atoms with Gasteiger partial charge < -0.3 is 9.84 Å². The van der Waals surface area contributed by atoms with Crippen molar-refractivity contribution in [3.63, 3.8) is 0 Å². The first-order chi connectivity index (χ1) is 6.69. The monoisotopic (exact) mass is 194 g/mol. The largest absolute Gasteiger partial charge is 0.504 e. The molecule has 0 amide bonds. The van der Waals surface area contributed by atoms with E-state index in [9.17, 15) is 5.11 Å². The highest BCUT2D eigenvalue weighted by Gasteiger charge is 2.07. The van der Waals surface area contributed by atoms with Crippen molar-refractivity contribution in [3.05, 3.63) is 23.8 Å². The third kappa shape index (κ3) is 2.41. The third-order valence-electron chi connectivity index (χ3n) is 2.49. The van der Waals surface area contributed by atoms with Crippen molar-refractivity contribution in [3.8, 4) is 11.5 Å². The van der Waals surface area contributed by atoms with Gasteiger partial charge in [0, 0.05) is 0 Å². The maximum atomic E-state index is 9.42. The average Bonchev–Trinajstić information content (AvgIpc) is 2.19. The Morgan fingerprint density at radius 2 is 2.14 bits per heavy atom. The van der Waals surface area contributed by atoms with E-state index in [-0.39, 0.29) is 5.75 Å². The molecule has 0 aliphatic heterocycles. The number of methoxy groups -OCH3 is 1. The summed E-state index contributed by atoms with van der Waals surface area (Å²) in [5.41, 5.74) is 1.22. The second-order valence-electron chi connectivity index (χ2n) is 3.62. The lowest BCUT2D eigenvalue weighted by molar-refractivity contribution is 0.372. The number of aromatic hydroxyl groups is 1. The Labute approximate surface area is 85.5 Å². The third-order valence-corrected chi connectivity index (χ3v) is 2.49. The van der Waals surface area contributed by atoms with Crippen LogP contribution in [0.3, 0.4) is 0 Å². The summed E-state index contributed by atoms with van der Waals surface area (Å²) in [6.45, 7) is 4.36. The molecule has 1 aromatic rings. The molecular weight excluding hydrogens is 176 g/mol. The smallest absolute Gasteiger partial charge is 0.160 e. The molecule has 0 bridgehead atoms. The van der Waals surface area contributed by atoms with E-state index in [1.54, 1.807) is 13.2 Å². The van der Waals surface area contributed by atoms with Crippen LogP contribution in [-0.4, -0.2) is 12.2 Å². The van der Waals surface area contributed by atoms with Crippen LogP contribution in [0.15, 0.2) is 18.2 Å². The average molecular weight is 194 g/mol. The summed E-state index contributed by atoms with van der Waals surface area (Å²) in [6.07, 6.45) is 2.33. The SMILES string of the molecule is CCCC(C)c1ccc(O)c(OC)c1. The Hall–Kier alpha value is -1.18. The highest BCUT2D eigenvalue weighted by molar-refractivity contribution is 5.42. The highest BCUT2D eigenvalue weighted by atomic mass is 16.5. The van der Waals surface area contributed by atoms with E-state index in [4.69, 9.17) is 4.74 Å². The van der Waals surface area contributed by atoms with Crippen LogP contribution in [0.5, 0.6) is 11.5 Å². The van der Waals surface area contributed by atoms with E-state index in [1.165, 1.54) is 12.0 Å². The lowest BCUT2D eigenvalue weighted by atomic mass is 9.96. The maximum absolute atomic E-state index is 9.42. The van der Waals surface area contributed by atoms with Crippen LogP contribution in [0.25, 0.3) is 0 Å². The molecule has 0 spiro atoms. The molecule has 1 rings (SSSR count). The van der Waals surface area contributed by atoms with Crippen LogP contribution < -0.4 is 4.74 Å². The van der Waals surface area contributed by atoms with E-state index in [0.717, 1.165) is 6.42 Å². The van der Waals surface area contributed by atoms with Crippen LogP contribution in [0, 0.1) is 0 Å². The Morgan fingerprint density at radius 1 is 1.43 bits per heavy atom. The van der Waals surface area contributed by atoms with Crippen molar-refractivity contribution < 1.29 is 9.84 Å². The minimum atomic E-state index is 0.208. The first-order valence-corrected chi connectivity index (χ1v) is 5.06. The van der Waals surface area contributed by atoms with Gasteiger partial charge in [-0.15, -0.1) is 0 Å². The van der Waals surface area contributed by atoms with Crippen molar-refractivity contribution in [2.75, 3.05) is 7.11 Å². The van der Waals surface area contributed by atoms with Gasteiger partial charge in [0.15, 0.2) is 11.5 Å². The van der Waals surface area contributed by atoms with E-state index in [0.29, 0.717) is 11.7 Å². The quantitative estimate of drug-likeness (QED) is 0.796. The molecule has 1 unspecified atom stereocenters. The van der Waals surface area contributed by atoms with Crippen LogP contribution in [-0.2, 0) is 0 Å². The number of hydrogen-bond acceptors (Lipinski definition) is 2. The Bertz CT molecular complexity index is 294. The second-order valence-corrected chi connectivity index (χ2v) is 3.62. The zero-order valence-corrected chi connectivity index (χ0v) is 9.08. The topological polar surface area (TPSA) is 29.5 Å². The summed E-state index contributed by atoms with van der Waals surface area (Å²) in [6, 6.07) is 5.56. The van der Waals surface area contributed by atoms with Crippen molar-refractivity contribution in [1.82, 2.24) is 0 Å². The van der Waals surface area contributed by atoms with E-state index in [2.05, 4.69) is 13.8 Å². The van der Waals surface area contributed by atoms with Crippen LogP contribution >= 0.6 is 0 Å². The fraction of sp³-hybridized carbons (Fsp3) is 0.500. The zero-order valence-electron chi connectivity index (χ0n) is 9.08. The summed E-state index contributed by atoms with van der Waals surface area (Å²) in [4.78, 5) is 0. The van der Waals surface area contributed by atoms with E-state index in [1.807, 2.05) is 12.1 Å². The lowest BCUT2D eigenvalue weighted by Gasteiger charge is -2.12. The van der Waals surface area contributed by atoms with Gasteiger partial charge in [-0.25, -0.2) is 0 Å². The Kier molecular flexibility index (Phi) is 3.81. The summed E-state index contributed by atoms with van der Waals surface area (Å²) in [7, 11) is 1.57. The molecule has 0 aliphatic carbocycles. The molecule has 0 aliphatic rings. The number of hydrogen-bond donors (Lipinski definition) is 1. The van der Waals surface area contributed by atoms with Crippen molar-refractivity contribution in [1.29, 1.82) is 0 Å². The molecule has 0 saturated carbocycles. The molecule has 0 fully saturated rings. The first kappa shape index (κ1) is 10.9. The van der Waals surface area contributed by atoms with Crippen LogP contribution in [0.4, 0.5) is 0 Å².